The van der Waals surface area contributed by atoms with Crippen molar-refractivity contribution in [2.45, 2.75) is 6.18 Å². The van der Waals surface area contributed by atoms with Gasteiger partial charge in [0.15, 0.2) is 0 Å². The van der Waals surface area contributed by atoms with E-state index in [4.69, 9.17) is 11.6 Å². The van der Waals surface area contributed by atoms with Crippen LogP contribution < -0.4 is 4.90 Å². The average Bonchev–Trinajstić information content (AvgIpc) is 1.99. The number of halogens is 5. The molecule has 0 aliphatic carbocycles. The maximum atomic E-state index is 12.1. The normalized spacial score (nSPS) is 11.6. The lowest BCUT2D eigenvalue weighted by molar-refractivity contribution is -0.119. The van der Waals surface area contributed by atoms with E-state index in [1.54, 1.807) is 0 Å². The first-order valence-electron chi connectivity index (χ1n) is 3.88. The summed E-state index contributed by atoms with van der Waals surface area (Å²) in [7, 11) is 1.29. The van der Waals surface area contributed by atoms with Gasteiger partial charge in [0.25, 0.3) is 0 Å². The van der Waals surface area contributed by atoms with Crippen LogP contribution >= 0.6 is 27.5 Å². The lowest BCUT2D eigenvalue weighted by Gasteiger charge is -2.20. The van der Waals surface area contributed by atoms with Gasteiger partial charge in [0, 0.05) is 17.7 Å². The molecule has 1 heterocycles. The molecule has 0 N–H and O–H groups in total. The molecule has 1 aromatic heterocycles. The van der Waals surface area contributed by atoms with Gasteiger partial charge >= 0.3 is 6.18 Å². The Morgan fingerprint density at radius 3 is 2.60 bits per heavy atom. The number of aromatic nitrogens is 1. The number of anilines is 1. The minimum Gasteiger partial charge on any atom is -0.349 e. The molecule has 0 atom stereocenters. The number of hydrogen-bond donors (Lipinski definition) is 0. The molecule has 1 aromatic rings. The fourth-order valence-corrected chi connectivity index (χ4v) is 1.81. The maximum absolute atomic E-state index is 12.1. The Bertz CT molecular complexity index is 356. The lowest BCUT2D eigenvalue weighted by Crippen LogP contribution is -2.31. The predicted molar refractivity (Wildman–Crippen MR) is 56.3 cm³/mol. The molecule has 0 saturated heterocycles. The van der Waals surface area contributed by atoms with Gasteiger partial charge in [-0.3, -0.25) is 0 Å². The first-order chi connectivity index (χ1) is 6.79. The third-order valence-corrected chi connectivity index (χ3v) is 2.28. The van der Waals surface area contributed by atoms with E-state index in [9.17, 15) is 13.2 Å². The summed E-state index contributed by atoms with van der Waals surface area (Å²) >= 11 is 8.87. The Morgan fingerprint density at radius 1 is 1.53 bits per heavy atom. The number of hydrogen-bond acceptors (Lipinski definition) is 2. The van der Waals surface area contributed by atoms with Crippen LogP contribution in [0.25, 0.3) is 0 Å². The Labute approximate surface area is 98.2 Å². The minimum atomic E-state index is -4.27. The van der Waals surface area contributed by atoms with Gasteiger partial charge < -0.3 is 4.90 Å². The van der Waals surface area contributed by atoms with Crippen LogP contribution in [-0.4, -0.2) is 24.8 Å². The molecule has 0 aromatic carbocycles. The topological polar surface area (TPSA) is 16.1 Å². The highest BCUT2D eigenvalue weighted by molar-refractivity contribution is 9.10. The van der Waals surface area contributed by atoms with Crippen LogP contribution in [0.3, 0.4) is 0 Å². The third-order valence-electron chi connectivity index (χ3n) is 1.57. The zero-order valence-electron chi connectivity index (χ0n) is 7.65. The zero-order chi connectivity index (χ0) is 11.6. The second-order valence-corrected chi connectivity index (χ2v) is 4.25. The van der Waals surface area contributed by atoms with Crippen LogP contribution in [0.5, 0.6) is 0 Å². The largest absolute Gasteiger partial charge is 0.405 e. The van der Waals surface area contributed by atoms with Crippen molar-refractivity contribution in [1.29, 1.82) is 0 Å². The summed E-state index contributed by atoms with van der Waals surface area (Å²) in [4.78, 5) is 4.76. The van der Waals surface area contributed by atoms with Gasteiger partial charge in [-0.15, -0.1) is 0 Å². The molecule has 0 aliphatic rings. The number of nitrogens with zero attached hydrogens (tertiary/aromatic N) is 2. The minimum absolute atomic E-state index is 0.109. The van der Waals surface area contributed by atoms with Crippen molar-refractivity contribution in [1.82, 2.24) is 4.98 Å². The summed E-state index contributed by atoms with van der Waals surface area (Å²) in [5.41, 5.74) is 0. The van der Waals surface area contributed by atoms with Gasteiger partial charge in [0.2, 0.25) is 0 Å². The molecular weight excluding hydrogens is 296 g/mol. The second kappa shape index (κ2) is 4.57. The van der Waals surface area contributed by atoms with Crippen molar-refractivity contribution in [3.8, 4) is 0 Å². The van der Waals surface area contributed by atoms with Crippen molar-refractivity contribution in [2.24, 2.45) is 0 Å². The molecular formula is C8H7BrClF3N2. The Kier molecular flexibility index (Phi) is 3.83. The Balaban J connectivity index is 2.87. The summed E-state index contributed by atoms with van der Waals surface area (Å²) in [5.74, 6) is 0.109. The van der Waals surface area contributed by atoms with E-state index < -0.39 is 12.7 Å². The van der Waals surface area contributed by atoms with E-state index in [1.165, 1.54) is 19.3 Å². The highest BCUT2D eigenvalue weighted by Crippen LogP contribution is 2.27. The summed E-state index contributed by atoms with van der Waals surface area (Å²) in [6.45, 7) is -1.08. The number of alkyl halides is 3. The van der Waals surface area contributed by atoms with Gasteiger partial charge in [-0.1, -0.05) is 11.6 Å². The summed E-state index contributed by atoms with van der Waals surface area (Å²) < 4.78 is 36.9. The van der Waals surface area contributed by atoms with Crippen molar-refractivity contribution in [3.05, 3.63) is 21.8 Å². The highest BCUT2D eigenvalue weighted by atomic mass is 79.9. The van der Waals surface area contributed by atoms with Crippen LogP contribution in [0.15, 0.2) is 16.7 Å². The van der Waals surface area contributed by atoms with Crippen molar-refractivity contribution >= 4 is 33.3 Å². The Hall–Kier alpha value is -0.490. The van der Waals surface area contributed by atoms with Gasteiger partial charge in [0.1, 0.15) is 12.4 Å². The molecule has 7 heteroatoms. The van der Waals surface area contributed by atoms with Gasteiger partial charge in [-0.05, 0) is 22.0 Å². The smallest absolute Gasteiger partial charge is 0.349 e. The summed E-state index contributed by atoms with van der Waals surface area (Å²) in [6, 6.07) is 1.50. The lowest BCUT2D eigenvalue weighted by atomic mass is 10.4. The molecule has 0 bridgehead atoms. The molecule has 0 fully saturated rings. The number of rotatable bonds is 2. The SMILES string of the molecule is CN(CC(F)(F)F)c1ncc(Br)cc1Cl. The van der Waals surface area contributed by atoms with Crippen LogP contribution in [0, 0.1) is 0 Å². The fraction of sp³-hybridized carbons (Fsp3) is 0.375. The van der Waals surface area contributed by atoms with Crippen LogP contribution in [-0.2, 0) is 0 Å². The molecule has 0 saturated carbocycles. The molecule has 0 aliphatic heterocycles. The monoisotopic (exact) mass is 302 g/mol. The molecule has 15 heavy (non-hydrogen) atoms. The molecule has 0 radical (unpaired) electrons. The fourth-order valence-electron chi connectivity index (χ4n) is 1.03. The maximum Gasteiger partial charge on any atom is 0.405 e. The average molecular weight is 304 g/mol. The Morgan fingerprint density at radius 2 is 2.13 bits per heavy atom. The van der Waals surface area contributed by atoms with Crippen molar-refractivity contribution < 1.29 is 13.2 Å². The van der Waals surface area contributed by atoms with Gasteiger partial charge in [-0.25, -0.2) is 4.98 Å². The predicted octanol–water partition coefficient (Wildman–Crippen LogP) is 3.50. The molecule has 0 unspecified atom stereocenters. The summed E-state index contributed by atoms with van der Waals surface area (Å²) in [6.07, 6.45) is -2.87. The van der Waals surface area contributed by atoms with Gasteiger partial charge in [-0.2, -0.15) is 13.2 Å². The second-order valence-electron chi connectivity index (χ2n) is 2.93. The van der Waals surface area contributed by atoms with Crippen LogP contribution in [0.1, 0.15) is 0 Å². The van der Waals surface area contributed by atoms with Crippen molar-refractivity contribution in [2.75, 3.05) is 18.5 Å². The molecule has 0 amide bonds. The molecule has 84 valence electrons. The van der Waals surface area contributed by atoms with E-state index in [-0.39, 0.29) is 10.8 Å². The zero-order valence-corrected chi connectivity index (χ0v) is 9.99. The van der Waals surface area contributed by atoms with Gasteiger partial charge in [0.05, 0.1) is 5.02 Å². The van der Waals surface area contributed by atoms with E-state index >= 15 is 0 Å². The van der Waals surface area contributed by atoms with Crippen LogP contribution in [0.4, 0.5) is 19.0 Å². The quantitative estimate of drug-likeness (QED) is 0.831. The molecule has 0 spiro atoms. The van der Waals surface area contributed by atoms with E-state index in [1.807, 2.05) is 0 Å². The number of pyridine rings is 1. The summed E-state index contributed by atoms with van der Waals surface area (Å²) in [5, 5.41) is 0.177. The van der Waals surface area contributed by atoms with Crippen molar-refractivity contribution in [3.63, 3.8) is 0 Å². The van der Waals surface area contributed by atoms with E-state index in [0.717, 1.165) is 4.90 Å². The van der Waals surface area contributed by atoms with E-state index in [2.05, 4.69) is 20.9 Å². The molecule has 2 nitrogen and oxygen atoms in total. The van der Waals surface area contributed by atoms with E-state index in [0.29, 0.717) is 4.47 Å². The standard InChI is InChI=1S/C8H7BrClF3N2/c1-15(4-8(11,12)13)7-6(10)2-5(9)3-14-7/h2-3H,4H2,1H3. The van der Waals surface area contributed by atoms with Crippen LogP contribution in [0.2, 0.25) is 5.02 Å². The molecule has 1 rings (SSSR count). The first kappa shape index (κ1) is 12.6. The first-order valence-corrected chi connectivity index (χ1v) is 5.05. The third kappa shape index (κ3) is 3.87. The highest BCUT2D eigenvalue weighted by Gasteiger charge is 2.30.